The highest BCUT2D eigenvalue weighted by atomic mass is 127. The number of nitrogens with one attached hydrogen (secondary N) is 1. The predicted octanol–water partition coefficient (Wildman–Crippen LogP) is 2.70. The Morgan fingerprint density at radius 3 is 2.88 bits per heavy atom. The third-order valence-corrected chi connectivity index (χ3v) is 6.19. The number of methoxy groups -OCH3 is 1. The van der Waals surface area contributed by atoms with E-state index in [9.17, 15) is 0 Å². The highest BCUT2D eigenvalue weighted by molar-refractivity contribution is 14.0. The van der Waals surface area contributed by atoms with Gasteiger partial charge in [0.05, 0.1) is 32.5 Å². The van der Waals surface area contributed by atoms with Crippen LogP contribution in [-0.2, 0) is 23.1 Å². The number of ether oxygens (including phenoxy) is 3. The van der Waals surface area contributed by atoms with Gasteiger partial charge < -0.3 is 29.0 Å². The van der Waals surface area contributed by atoms with Gasteiger partial charge in [-0.05, 0) is 19.4 Å². The van der Waals surface area contributed by atoms with E-state index in [0.717, 1.165) is 55.9 Å². The van der Waals surface area contributed by atoms with Crippen LogP contribution in [0.2, 0.25) is 0 Å². The van der Waals surface area contributed by atoms with Gasteiger partial charge in [0.1, 0.15) is 18.1 Å². The van der Waals surface area contributed by atoms with Gasteiger partial charge in [-0.1, -0.05) is 18.2 Å². The number of aromatic nitrogens is 3. The number of para-hydroxylation sites is 1. The second-order valence-electron chi connectivity index (χ2n) is 8.40. The molecule has 2 unspecified atom stereocenters. The molecule has 1 aromatic heterocycles. The van der Waals surface area contributed by atoms with E-state index in [2.05, 4.69) is 32.5 Å². The summed E-state index contributed by atoms with van der Waals surface area (Å²) in [5.74, 6) is 4.08. The molecule has 2 aliphatic rings. The zero-order chi connectivity index (χ0) is 22.3. The number of likely N-dealkylation sites (tertiary alicyclic amines) is 1. The topological polar surface area (TPSA) is 86.0 Å². The SMILES string of the molecule is COCCOCC1CCN(C(=NCc2nnc(C)n2C)NC2CCOc3ccccc32)C1.I. The van der Waals surface area contributed by atoms with Crippen LogP contribution in [0, 0.1) is 12.8 Å². The fourth-order valence-corrected chi connectivity index (χ4v) is 4.17. The second-order valence-corrected chi connectivity index (χ2v) is 8.40. The summed E-state index contributed by atoms with van der Waals surface area (Å²) in [7, 11) is 3.67. The van der Waals surface area contributed by atoms with E-state index in [-0.39, 0.29) is 30.0 Å². The summed E-state index contributed by atoms with van der Waals surface area (Å²) in [6.07, 6.45) is 1.98. The average Bonchev–Trinajstić information content (AvgIpc) is 3.41. The van der Waals surface area contributed by atoms with E-state index in [4.69, 9.17) is 19.2 Å². The molecule has 0 aliphatic carbocycles. The third-order valence-electron chi connectivity index (χ3n) is 6.19. The molecule has 182 valence electrons. The number of hydrogen-bond donors (Lipinski definition) is 1. The van der Waals surface area contributed by atoms with Crippen molar-refractivity contribution in [2.75, 3.05) is 46.6 Å². The summed E-state index contributed by atoms with van der Waals surface area (Å²) < 4.78 is 18.7. The van der Waals surface area contributed by atoms with Gasteiger partial charge in [-0.25, -0.2) is 4.99 Å². The molecule has 0 amide bonds. The minimum atomic E-state index is 0. The molecule has 10 heteroatoms. The first kappa shape index (κ1) is 25.7. The molecule has 0 spiro atoms. The first-order chi connectivity index (χ1) is 15.7. The van der Waals surface area contributed by atoms with Crippen molar-refractivity contribution in [1.29, 1.82) is 0 Å². The van der Waals surface area contributed by atoms with Crippen LogP contribution in [0.4, 0.5) is 0 Å². The number of fused-ring (bicyclic) bond motifs is 1. The number of nitrogens with zero attached hydrogens (tertiary/aromatic N) is 5. The second kappa shape index (κ2) is 12.5. The predicted molar refractivity (Wildman–Crippen MR) is 137 cm³/mol. The Kier molecular flexibility index (Phi) is 9.75. The largest absolute Gasteiger partial charge is 0.493 e. The van der Waals surface area contributed by atoms with Gasteiger partial charge in [0, 0.05) is 45.1 Å². The maximum atomic E-state index is 5.85. The maximum absolute atomic E-state index is 5.85. The zero-order valence-electron chi connectivity index (χ0n) is 19.7. The summed E-state index contributed by atoms with van der Waals surface area (Å²) in [5.41, 5.74) is 1.18. The standard InChI is InChI=1S/C23H34N6O3.HI/c1-17-26-27-22(28(17)2)14-24-23(29-10-8-18(15-29)16-31-13-12-30-3)25-20-9-11-32-21-7-5-4-6-19(20)21;/h4-7,18,20H,8-16H2,1-3H3,(H,24,25);1H. The van der Waals surface area contributed by atoms with Crippen molar-refractivity contribution >= 4 is 29.9 Å². The van der Waals surface area contributed by atoms with Crippen molar-refractivity contribution in [2.45, 2.75) is 32.4 Å². The van der Waals surface area contributed by atoms with Gasteiger partial charge in [-0.3, -0.25) is 0 Å². The Morgan fingerprint density at radius 2 is 2.09 bits per heavy atom. The Hall–Kier alpha value is -1.92. The first-order valence-corrected chi connectivity index (χ1v) is 11.3. The van der Waals surface area contributed by atoms with Crippen LogP contribution in [-0.4, -0.2) is 72.3 Å². The number of benzene rings is 1. The molecule has 1 aromatic carbocycles. The molecule has 2 aromatic rings. The lowest BCUT2D eigenvalue weighted by Crippen LogP contribution is -2.43. The van der Waals surface area contributed by atoms with E-state index < -0.39 is 0 Å². The van der Waals surface area contributed by atoms with E-state index in [1.165, 1.54) is 5.56 Å². The van der Waals surface area contributed by atoms with Crippen LogP contribution >= 0.6 is 24.0 Å². The molecule has 4 rings (SSSR count). The van der Waals surface area contributed by atoms with E-state index in [1.54, 1.807) is 7.11 Å². The van der Waals surface area contributed by atoms with Crippen molar-refractivity contribution in [3.05, 3.63) is 41.5 Å². The molecular weight excluding hydrogens is 535 g/mol. The number of hydrogen-bond acceptors (Lipinski definition) is 6. The van der Waals surface area contributed by atoms with Crippen molar-refractivity contribution in [3.63, 3.8) is 0 Å². The van der Waals surface area contributed by atoms with Gasteiger partial charge in [0.15, 0.2) is 11.8 Å². The molecule has 0 bridgehead atoms. The van der Waals surface area contributed by atoms with E-state index >= 15 is 0 Å². The maximum Gasteiger partial charge on any atom is 0.194 e. The van der Waals surface area contributed by atoms with Gasteiger partial charge in [-0.15, -0.1) is 34.2 Å². The molecule has 3 heterocycles. The lowest BCUT2D eigenvalue weighted by atomic mass is 10.0. The number of aliphatic imine (C=N–C) groups is 1. The molecule has 0 radical (unpaired) electrons. The minimum Gasteiger partial charge on any atom is -0.493 e. The molecular formula is C23H35IN6O3. The molecule has 0 saturated carbocycles. The third kappa shape index (κ3) is 6.57. The van der Waals surface area contributed by atoms with Crippen molar-refractivity contribution in [1.82, 2.24) is 25.0 Å². The van der Waals surface area contributed by atoms with Crippen LogP contribution in [0.15, 0.2) is 29.3 Å². The van der Waals surface area contributed by atoms with Crippen LogP contribution in [0.5, 0.6) is 5.75 Å². The normalized spacial score (nSPS) is 20.2. The van der Waals surface area contributed by atoms with E-state index in [0.29, 0.717) is 32.3 Å². The Balaban J connectivity index is 0.00000306. The highest BCUT2D eigenvalue weighted by Crippen LogP contribution is 2.32. The molecule has 1 N–H and O–H groups in total. The first-order valence-electron chi connectivity index (χ1n) is 11.3. The van der Waals surface area contributed by atoms with Crippen molar-refractivity contribution in [3.8, 4) is 5.75 Å². The van der Waals surface area contributed by atoms with Crippen LogP contribution in [0.3, 0.4) is 0 Å². The smallest absolute Gasteiger partial charge is 0.194 e. The van der Waals surface area contributed by atoms with Crippen LogP contribution in [0.1, 0.15) is 36.1 Å². The summed E-state index contributed by atoms with van der Waals surface area (Å²) in [6.45, 7) is 7.01. The average molecular weight is 570 g/mol. The Bertz CT molecular complexity index is 921. The summed E-state index contributed by atoms with van der Waals surface area (Å²) in [4.78, 5) is 7.31. The van der Waals surface area contributed by atoms with Crippen molar-refractivity contribution < 1.29 is 14.2 Å². The quantitative estimate of drug-likeness (QED) is 0.226. The molecule has 2 atom stereocenters. The molecule has 2 aliphatic heterocycles. The highest BCUT2D eigenvalue weighted by Gasteiger charge is 2.29. The number of guanidine groups is 1. The van der Waals surface area contributed by atoms with Crippen LogP contribution in [0.25, 0.3) is 0 Å². The monoisotopic (exact) mass is 570 g/mol. The van der Waals surface area contributed by atoms with Gasteiger partial charge in [0.25, 0.3) is 0 Å². The van der Waals surface area contributed by atoms with E-state index in [1.807, 2.05) is 30.7 Å². The lowest BCUT2D eigenvalue weighted by molar-refractivity contribution is 0.0536. The number of aryl methyl sites for hydroxylation is 1. The van der Waals surface area contributed by atoms with Gasteiger partial charge in [-0.2, -0.15) is 0 Å². The Labute approximate surface area is 212 Å². The Morgan fingerprint density at radius 1 is 1.24 bits per heavy atom. The molecule has 1 fully saturated rings. The van der Waals surface area contributed by atoms with Gasteiger partial charge >= 0.3 is 0 Å². The summed E-state index contributed by atoms with van der Waals surface area (Å²) >= 11 is 0. The molecule has 1 saturated heterocycles. The number of halogens is 1. The van der Waals surface area contributed by atoms with Gasteiger partial charge in [0.2, 0.25) is 0 Å². The van der Waals surface area contributed by atoms with Crippen LogP contribution < -0.4 is 10.1 Å². The van der Waals surface area contributed by atoms with Crippen molar-refractivity contribution in [2.24, 2.45) is 18.0 Å². The summed E-state index contributed by atoms with van der Waals surface area (Å²) in [5, 5.41) is 12.2. The fourth-order valence-electron chi connectivity index (χ4n) is 4.17. The lowest BCUT2D eigenvalue weighted by Gasteiger charge is -2.31. The minimum absolute atomic E-state index is 0. The fraction of sp³-hybridized carbons (Fsp3) is 0.609. The zero-order valence-corrected chi connectivity index (χ0v) is 22.0. The molecule has 9 nitrogen and oxygen atoms in total. The molecule has 33 heavy (non-hydrogen) atoms. The number of rotatable bonds is 8. The summed E-state index contributed by atoms with van der Waals surface area (Å²) in [6, 6.07) is 8.40.